The molecule has 0 radical (unpaired) electrons. The minimum Gasteiger partial charge on any atom is -0.486 e. The highest BCUT2D eigenvalue weighted by atomic mass is 32.1. The molecule has 3 rings (SSSR count). The van der Waals surface area contributed by atoms with Crippen LogP contribution in [0.1, 0.15) is 43.0 Å². The number of nitrogens with zero attached hydrogens (tertiary/aromatic N) is 2. The van der Waals surface area contributed by atoms with E-state index in [2.05, 4.69) is 30.4 Å². The van der Waals surface area contributed by atoms with Crippen molar-refractivity contribution in [1.29, 1.82) is 0 Å². The number of hydrogen-bond acceptors (Lipinski definition) is 6. The molecule has 2 aromatic rings. The van der Waals surface area contributed by atoms with Gasteiger partial charge in [0.05, 0.1) is 10.6 Å². The number of benzene rings is 1. The topological polar surface area (TPSA) is 64.5 Å². The van der Waals surface area contributed by atoms with E-state index >= 15 is 0 Å². The third kappa shape index (κ3) is 2.73. The number of hydrogen-bond donors (Lipinski definition) is 1. The lowest BCUT2D eigenvalue weighted by atomic mass is 9.89. The zero-order valence-corrected chi connectivity index (χ0v) is 13.1. The lowest BCUT2D eigenvalue weighted by Crippen LogP contribution is -2.17. The van der Waals surface area contributed by atoms with Gasteiger partial charge in [0.2, 0.25) is 0 Å². The van der Waals surface area contributed by atoms with E-state index in [0.29, 0.717) is 19.0 Å². The Balaban J connectivity index is 1.96. The summed E-state index contributed by atoms with van der Waals surface area (Å²) < 4.78 is 15.1. The molecule has 1 aromatic carbocycles. The van der Waals surface area contributed by atoms with Crippen LogP contribution in [0.2, 0.25) is 0 Å². The fourth-order valence-corrected chi connectivity index (χ4v) is 3.16. The SMILES string of the molecule is CC(C)(C)c1nnsc1C(O)c1ccc2c(c1)OCCO2. The van der Waals surface area contributed by atoms with Crippen LogP contribution in [0.15, 0.2) is 18.2 Å². The molecular formula is C15H18N2O3S. The maximum atomic E-state index is 10.7. The molecule has 1 N–H and O–H groups in total. The van der Waals surface area contributed by atoms with Gasteiger partial charge in [0.25, 0.3) is 0 Å². The van der Waals surface area contributed by atoms with Crippen molar-refractivity contribution in [3.63, 3.8) is 0 Å². The number of aliphatic hydroxyl groups is 1. The molecule has 21 heavy (non-hydrogen) atoms. The van der Waals surface area contributed by atoms with Gasteiger partial charge in [0, 0.05) is 5.41 Å². The van der Waals surface area contributed by atoms with Crippen LogP contribution in [0.25, 0.3) is 0 Å². The van der Waals surface area contributed by atoms with Crippen LogP contribution in [0.3, 0.4) is 0 Å². The molecule has 112 valence electrons. The summed E-state index contributed by atoms with van der Waals surface area (Å²) in [6, 6.07) is 5.51. The maximum Gasteiger partial charge on any atom is 0.161 e. The minimum absolute atomic E-state index is 0.156. The number of aromatic nitrogens is 2. The Labute approximate surface area is 127 Å². The van der Waals surface area contributed by atoms with E-state index in [4.69, 9.17) is 9.47 Å². The van der Waals surface area contributed by atoms with Crippen LogP contribution < -0.4 is 9.47 Å². The standard InChI is InChI=1S/C15H18N2O3S/c1-15(2,3)14-13(21-17-16-14)12(18)9-4-5-10-11(8-9)20-7-6-19-10/h4-5,8,12,18H,6-7H2,1-3H3. The Bertz CT molecular complexity index is 649. The Hall–Kier alpha value is -1.66. The van der Waals surface area contributed by atoms with Crippen molar-refractivity contribution in [1.82, 2.24) is 9.59 Å². The van der Waals surface area contributed by atoms with Crippen molar-refractivity contribution in [2.45, 2.75) is 32.3 Å². The second-order valence-corrected chi connectivity index (χ2v) is 6.83. The molecule has 2 heterocycles. The second kappa shape index (κ2) is 5.27. The summed E-state index contributed by atoms with van der Waals surface area (Å²) in [5.74, 6) is 1.39. The van der Waals surface area contributed by atoms with E-state index in [1.54, 1.807) is 0 Å². The molecule has 5 nitrogen and oxygen atoms in total. The van der Waals surface area contributed by atoms with E-state index in [9.17, 15) is 5.11 Å². The predicted molar refractivity (Wildman–Crippen MR) is 80.1 cm³/mol. The van der Waals surface area contributed by atoms with Crippen LogP contribution in [0.5, 0.6) is 11.5 Å². The maximum absolute atomic E-state index is 10.7. The van der Waals surface area contributed by atoms with Gasteiger partial charge in [-0.15, -0.1) is 5.10 Å². The van der Waals surface area contributed by atoms with Gasteiger partial charge >= 0.3 is 0 Å². The molecule has 0 saturated carbocycles. The summed E-state index contributed by atoms with van der Waals surface area (Å²) in [4.78, 5) is 0.777. The first kappa shape index (κ1) is 14.3. The molecule has 0 spiro atoms. The van der Waals surface area contributed by atoms with Crippen molar-refractivity contribution in [2.75, 3.05) is 13.2 Å². The van der Waals surface area contributed by atoms with Crippen molar-refractivity contribution >= 4 is 11.5 Å². The molecule has 0 fully saturated rings. The van der Waals surface area contributed by atoms with Gasteiger partial charge in [0.1, 0.15) is 19.3 Å². The summed E-state index contributed by atoms with van der Waals surface area (Å²) in [5, 5.41) is 14.8. The third-order valence-electron chi connectivity index (χ3n) is 3.35. The Morgan fingerprint density at radius 2 is 1.90 bits per heavy atom. The average molecular weight is 306 g/mol. The van der Waals surface area contributed by atoms with Crippen LogP contribution in [-0.4, -0.2) is 27.9 Å². The van der Waals surface area contributed by atoms with Gasteiger partial charge < -0.3 is 14.6 Å². The lowest BCUT2D eigenvalue weighted by molar-refractivity contribution is 0.169. The third-order valence-corrected chi connectivity index (χ3v) is 4.13. The van der Waals surface area contributed by atoms with Gasteiger partial charge in [0.15, 0.2) is 11.5 Å². The number of aliphatic hydroxyl groups excluding tert-OH is 1. The first-order valence-corrected chi connectivity index (χ1v) is 7.64. The van der Waals surface area contributed by atoms with Crippen molar-refractivity contribution in [3.8, 4) is 11.5 Å². The molecule has 1 aliphatic rings. The Kier molecular flexibility index (Phi) is 3.59. The Morgan fingerprint density at radius 1 is 1.19 bits per heavy atom. The molecule has 6 heteroatoms. The van der Waals surface area contributed by atoms with Crippen LogP contribution in [0, 0.1) is 0 Å². The van der Waals surface area contributed by atoms with Crippen molar-refractivity contribution in [3.05, 3.63) is 34.3 Å². The summed E-state index contributed by atoms with van der Waals surface area (Å²) >= 11 is 1.23. The number of fused-ring (bicyclic) bond motifs is 1. The molecular weight excluding hydrogens is 288 g/mol. The summed E-state index contributed by atoms with van der Waals surface area (Å²) in [6.45, 7) is 7.26. The van der Waals surface area contributed by atoms with E-state index < -0.39 is 6.10 Å². The zero-order valence-electron chi connectivity index (χ0n) is 12.3. The fraction of sp³-hybridized carbons (Fsp3) is 0.467. The lowest BCUT2D eigenvalue weighted by Gasteiger charge is -2.21. The molecule has 1 unspecified atom stereocenters. The molecule has 0 bridgehead atoms. The second-order valence-electron chi connectivity index (χ2n) is 6.04. The fourth-order valence-electron chi connectivity index (χ4n) is 2.28. The normalized spacial score (nSPS) is 15.8. The molecule has 1 atom stereocenters. The molecule has 0 amide bonds. The molecule has 1 aromatic heterocycles. The van der Waals surface area contributed by atoms with E-state index in [1.165, 1.54) is 11.5 Å². The monoisotopic (exact) mass is 306 g/mol. The highest BCUT2D eigenvalue weighted by Crippen LogP contribution is 2.37. The zero-order chi connectivity index (χ0) is 15.0. The first-order valence-electron chi connectivity index (χ1n) is 6.87. The van der Waals surface area contributed by atoms with Gasteiger partial charge in [-0.2, -0.15) is 0 Å². The molecule has 0 aliphatic carbocycles. The van der Waals surface area contributed by atoms with Gasteiger partial charge in [-0.25, -0.2) is 0 Å². The summed E-state index contributed by atoms with van der Waals surface area (Å²) in [7, 11) is 0. The number of ether oxygens (including phenoxy) is 2. The first-order chi connectivity index (χ1) is 9.97. The smallest absolute Gasteiger partial charge is 0.161 e. The van der Waals surface area contributed by atoms with E-state index in [1.807, 2.05) is 18.2 Å². The van der Waals surface area contributed by atoms with E-state index in [0.717, 1.165) is 21.9 Å². The van der Waals surface area contributed by atoms with Crippen LogP contribution >= 0.6 is 11.5 Å². The van der Waals surface area contributed by atoms with Crippen molar-refractivity contribution < 1.29 is 14.6 Å². The van der Waals surface area contributed by atoms with Gasteiger partial charge in [-0.3, -0.25) is 0 Å². The molecule has 0 saturated heterocycles. The summed E-state index contributed by atoms with van der Waals surface area (Å²) in [5.41, 5.74) is 1.43. The van der Waals surface area contributed by atoms with E-state index in [-0.39, 0.29) is 5.41 Å². The van der Waals surface area contributed by atoms with Gasteiger partial charge in [-0.05, 0) is 29.2 Å². The van der Waals surface area contributed by atoms with Crippen LogP contribution in [-0.2, 0) is 5.41 Å². The largest absolute Gasteiger partial charge is 0.486 e. The molecule has 1 aliphatic heterocycles. The predicted octanol–water partition coefficient (Wildman–Crippen LogP) is 2.69. The summed E-state index contributed by atoms with van der Waals surface area (Å²) in [6.07, 6.45) is -0.755. The Morgan fingerprint density at radius 3 is 2.62 bits per heavy atom. The highest BCUT2D eigenvalue weighted by molar-refractivity contribution is 7.05. The van der Waals surface area contributed by atoms with Crippen molar-refractivity contribution in [2.24, 2.45) is 0 Å². The number of rotatable bonds is 2. The minimum atomic E-state index is -0.755. The van der Waals surface area contributed by atoms with Crippen LogP contribution in [0.4, 0.5) is 0 Å². The quantitative estimate of drug-likeness (QED) is 0.924. The van der Waals surface area contributed by atoms with Gasteiger partial charge in [-0.1, -0.05) is 31.3 Å². The average Bonchev–Trinajstić information content (AvgIpc) is 2.95. The highest BCUT2D eigenvalue weighted by Gasteiger charge is 2.27.